The molecule has 3 nitrogen and oxygen atoms in total. The third-order valence-electron chi connectivity index (χ3n) is 15.5. The van der Waals surface area contributed by atoms with E-state index < -0.39 is 0 Å². The first kappa shape index (κ1) is 37.4. The van der Waals surface area contributed by atoms with Crippen LogP contribution in [0.5, 0.6) is 0 Å². The molecule has 15 aromatic rings. The normalized spacial score (nSPS) is 13.2. The molecule has 15 rings (SSSR count). The van der Waals surface area contributed by atoms with Gasteiger partial charge in [-0.1, -0.05) is 139 Å². The minimum atomic E-state index is -0.0616. The lowest BCUT2D eigenvalue weighted by Crippen LogP contribution is -2.10. The Bertz CT molecular complexity index is 4620. The van der Waals surface area contributed by atoms with Crippen LogP contribution in [-0.2, 0) is 10.8 Å². The molecule has 0 saturated carbocycles. The van der Waals surface area contributed by atoms with Crippen LogP contribution in [0.2, 0.25) is 0 Å². The van der Waals surface area contributed by atoms with Crippen LogP contribution in [0.25, 0.3) is 136 Å². The first-order valence-corrected chi connectivity index (χ1v) is 23.8. The SMILES string of the molecule is CC(C)(C)c1ccc2c(c1)c1c3ccccc3cc3c4cc5c(cc4n2c31)c1cc(C(C)(C)C)cc2c3c4ccccc4cc(-c4ccc6c(c4)c4ccccc4n6-c4ccccc4)c3n5c12. The predicted octanol–water partition coefficient (Wildman–Crippen LogP) is 17.7. The Morgan fingerprint density at radius 1 is 0.313 bits per heavy atom. The van der Waals surface area contributed by atoms with E-state index in [-0.39, 0.29) is 10.8 Å². The molecule has 0 aliphatic heterocycles. The average molecular weight is 858 g/mol. The van der Waals surface area contributed by atoms with Crippen LogP contribution >= 0.6 is 0 Å². The molecule has 0 amide bonds. The first-order valence-electron chi connectivity index (χ1n) is 23.8. The van der Waals surface area contributed by atoms with E-state index in [1.807, 2.05) is 0 Å². The van der Waals surface area contributed by atoms with E-state index in [1.165, 1.54) is 147 Å². The van der Waals surface area contributed by atoms with Crippen molar-refractivity contribution in [3.05, 3.63) is 187 Å². The Hall–Kier alpha value is -7.88. The Balaban J connectivity index is 1.13. The van der Waals surface area contributed by atoms with Crippen LogP contribution < -0.4 is 0 Å². The van der Waals surface area contributed by atoms with Gasteiger partial charge >= 0.3 is 0 Å². The first-order chi connectivity index (χ1) is 32.5. The zero-order valence-corrected chi connectivity index (χ0v) is 38.6. The van der Waals surface area contributed by atoms with Crippen LogP contribution in [-0.4, -0.2) is 13.4 Å². The van der Waals surface area contributed by atoms with Gasteiger partial charge in [0.2, 0.25) is 0 Å². The maximum Gasteiger partial charge on any atom is 0.0626 e. The molecule has 0 spiro atoms. The van der Waals surface area contributed by atoms with Gasteiger partial charge < -0.3 is 13.4 Å². The Kier molecular flexibility index (Phi) is 6.97. The van der Waals surface area contributed by atoms with Gasteiger partial charge in [-0.2, -0.15) is 0 Å². The van der Waals surface area contributed by atoms with E-state index in [9.17, 15) is 0 Å². The van der Waals surface area contributed by atoms with Crippen molar-refractivity contribution in [3.8, 4) is 16.8 Å². The number of benzene rings is 10. The van der Waals surface area contributed by atoms with E-state index in [0.717, 1.165) is 0 Å². The number of hydrogen-bond acceptors (Lipinski definition) is 0. The van der Waals surface area contributed by atoms with Crippen LogP contribution in [0.1, 0.15) is 52.7 Å². The second-order valence-corrected chi connectivity index (χ2v) is 21.4. The smallest absolute Gasteiger partial charge is 0.0626 e. The molecule has 0 unspecified atom stereocenters. The molecule has 0 fully saturated rings. The van der Waals surface area contributed by atoms with E-state index in [0.29, 0.717) is 0 Å². The third-order valence-corrected chi connectivity index (χ3v) is 15.5. The van der Waals surface area contributed by atoms with Gasteiger partial charge in [0.1, 0.15) is 0 Å². The number of para-hydroxylation sites is 2. The summed E-state index contributed by atoms with van der Waals surface area (Å²) in [4.78, 5) is 0. The molecule has 0 radical (unpaired) electrons. The minimum Gasteiger partial charge on any atom is -0.309 e. The molecule has 67 heavy (non-hydrogen) atoms. The topological polar surface area (TPSA) is 13.8 Å². The molecule has 5 aromatic heterocycles. The quantitative estimate of drug-likeness (QED) is 0.164. The molecule has 0 aliphatic rings. The van der Waals surface area contributed by atoms with Crippen LogP contribution in [0.15, 0.2) is 176 Å². The van der Waals surface area contributed by atoms with Gasteiger partial charge in [0.25, 0.3) is 0 Å². The summed E-state index contributed by atoms with van der Waals surface area (Å²) >= 11 is 0. The molecular formula is C64H47N3. The summed E-state index contributed by atoms with van der Waals surface area (Å²) in [5, 5.41) is 18.2. The zero-order chi connectivity index (χ0) is 44.8. The lowest BCUT2D eigenvalue weighted by atomic mass is 9.85. The van der Waals surface area contributed by atoms with E-state index >= 15 is 0 Å². The van der Waals surface area contributed by atoms with Gasteiger partial charge in [-0.05, 0) is 128 Å². The molecular weight excluding hydrogens is 811 g/mol. The lowest BCUT2D eigenvalue weighted by Gasteiger charge is -2.19. The largest absolute Gasteiger partial charge is 0.309 e. The summed E-state index contributed by atoms with van der Waals surface area (Å²) in [6.07, 6.45) is 0. The van der Waals surface area contributed by atoms with Crippen molar-refractivity contribution in [2.75, 3.05) is 0 Å². The van der Waals surface area contributed by atoms with Gasteiger partial charge in [-0.15, -0.1) is 0 Å². The fraction of sp³-hybridized carbons (Fsp3) is 0.125. The molecule has 5 heterocycles. The predicted molar refractivity (Wildman–Crippen MR) is 288 cm³/mol. The van der Waals surface area contributed by atoms with Crippen molar-refractivity contribution in [3.63, 3.8) is 0 Å². The van der Waals surface area contributed by atoms with Gasteiger partial charge in [0, 0.05) is 65.1 Å². The number of fused-ring (bicyclic) bond motifs is 19. The average Bonchev–Trinajstić information content (AvgIpc) is 4.12. The summed E-state index contributed by atoms with van der Waals surface area (Å²) in [6, 6.07) is 67.1. The number of rotatable bonds is 2. The van der Waals surface area contributed by atoms with Crippen molar-refractivity contribution in [1.29, 1.82) is 0 Å². The molecule has 3 heteroatoms. The zero-order valence-electron chi connectivity index (χ0n) is 38.6. The highest BCUT2D eigenvalue weighted by Crippen LogP contribution is 2.51. The maximum absolute atomic E-state index is 2.65. The van der Waals surface area contributed by atoms with Crippen molar-refractivity contribution < 1.29 is 0 Å². The van der Waals surface area contributed by atoms with Gasteiger partial charge in [-0.25, -0.2) is 0 Å². The Morgan fingerprint density at radius 3 is 1.60 bits per heavy atom. The second-order valence-electron chi connectivity index (χ2n) is 21.4. The van der Waals surface area contributed by atoms with Gasteiger partial charge in [-0.3, -0.25) is 0 Å². The van der Waals surface area contributed by atoms with Crippen LogP contribution in [0.3, 0.4) is 0 Å². The van der Waals surface area contributed by atoms with Crippen LogP contribution in [0.4, 0.5) is 0 Å². The van der Waals surface area contributed by atoms with E-state index in [4.69, 9.17) is 0 Å². The monoisotopic (exact) mass is 857 g/mol. The third kappa shape index (κ3) is 4.81. The highest BCUT2D eigenvalue weighted by molar-refractivity contribution is 6.35. The summed E-state index contributed by atoms with van der Waals surface area (Å²) in [5.41, 5.74) is 16.4. The Morgan fingerprint density at radius 2 is 0.866 bits per heavy atom. The van der Waals surface area contributed by atoms with E-state index in [2.05, 4.69) is 231 Å². The number of nitrogens with zero attached hydrogens (tertiary/aromatic N) is 3. The minimum absolute atomic E-state index is 0.0372. The second kappa shape index (κ2) is 12.5. The molecule has 10 aromatic carbocycles. The lowest BCUT2D eigenvalue weighted by molar-refractivity contribution is 0.591. The molecule has 0 atom stereocenters. The summed E-state index contributed by atoms with van der Waals surface area (Å²) < 4.78 is 7.66. The highest BCUT2D eigenvalue weighted by atomic mass is 15.0. The fourth-order valence-electron chi connectivity index (χ4n) is 12.3. The highest BCUT2D eigenvalue weighted by Gasteiger charge is 2.28. The van der Waals surface area contributed by atoms with Crippen molar-refractivity contribution in [2.24, 2.45) is 0 Å². The van der Waals surface area contributed by atoms with Crippen molar-refractivity contribution in [1.82, 2.24) is 13.4 Å². The molecule has 0 saturated heterocycles. The van der Waals surface area contributed by atoms with Crippen molar-refractivity contribution in [2.45, 2.75) is 52.4 Å². The number of hydrogen-bond donors (Lipinski definition) is 0. The standard InChI is InChI=1S/C64H47N3/c1-63(2,3)39-25-27-55-51(31-39)58-42-20-12-11-17-37(42)30-49-47-35-57-48(34-56(47)66(55)62(49)58)50-32-40(64(4,5)6)33-52-59-43-21-13-10-16-36(43)28-45(61(59)67(57)60(50)52)38-24-26-54-46(29-38)44-22-14-15-23-53(44)65(54)41-18-8-7-9-19-41/h7-35H,1-6H3. The summed E-state index contributed by atoms with van der Waals surface area (Å²) in [7, 11) is 0. The van der Waals surface area contributed by atoms with Crippen molar-refractivity contribution >= 4 is 120 Å². The molecule has 0 bridgehead atoms. The summed E-state index contributed by atoms with van der Waals surface area (Å²) in [6.45, 7) is 14.1. The van der Waals surface area contributed by atoms with Gasteiger partial charge in [0.15, 0.2) is 0 Å². The molecule has 318 valence electrons. The fourth-order valence-corrected chi connectivity index (χ4v) is 12.3. The Labute approximate surface area is 387 Å². The maximum atomic E-state index is 2.65. The van der Waals surface area contributed by atoms with E-state index in [1.54, 1.807) is 0 Å². The molecule has 0 aliphatic carbocycles. The number of aromatic nitrogens is 3. The summed E-state index contributed by atoms with van der Waals surface area (Å²) in [5.74, 6) is 0. The molecule has 0 N–H and O–H groups in total. The van der Waals surface area contributed by atoms with Crippen LogP contribution in [0, 0.1) is 0 Å². The van der Waals surface area contributed by atoms with Gasteiger partial charge in [0.05, 0.1) is 44.1 Å².